The summed E-state index contributed by atoms with van der Waals surface area (Å²) in [6.07, 6.45) is -1.07. The van der Waals surface area contributed by atoms with Gasteiger partial charge in [-0.15, -0.1) is 0 Å². The summed E-state index contributed by atoms with van der Waals surface area (Å²) in [5.74, 6) is 0.470. The average Bonchev–Trinajstić information content (AvgIpc) is 2.59. The van der Waals surface area contributed by atoms with E-state index in [1.54, 1.807) is 12.1 Å². The lowest BCUT2D eigenvalue weighted by Gasteiger charge is -2.28. The van der Waals surface area contributed by atoms with Crippen LogP contribution in [0.2, 0.25) is 0 Å². The first-order chi connectivity index (χ1) is 12.3. The topological polar surface area (TPSA) is 66.8 Å². The van der Waals surface area contributed by atoms with Gasteiger partial charge in [0.2, 0.25) is 0 Å². The van der Waals surface area contributed by atoms with Gasteiger partial charge in [0.05, 0.1) is 18.8 Å². The van der Waals surface area contributed by atoms with Crippen LogP contribution in [0.15, 0.2) is 66.8 Å². The quantitative estimate of drug-likeness (QED) is 0.698. The summed E-state index contributed by atoms with van der Waals surface area (Å²) < 4.78 is 64.9. The second kappa shape index (κ2) is 8.77. The Morgan fingerprint density at radius 3 is 2.27 bits per heavy atom. The molecule has 0 aliphatic heterocycles. The lowest BCUT2D eigenvalue weighted by Crippen LogP contribution is -2.39. The minimum Gasteiger partial charge on any atom is -0.497 e. The van der Waals surface area contributed by atoms with Crippen molar-refractivity contribution in [3.05, 3.63) is 72.3 Å². The number of hydrogen-bond acceptors (Lipinski definition) is 3. The van der Waals surface area contributed by atoms with E-state index in [-0.39, 0.29) is 12.1 Å². The number of anilines is 1. The molecule has 2 rings (SSSR count). The van der Waals surface area contributed by atoms with Crippen LogP contribution >= 0.6 is 0 Å². The number of ether oxygens (including phenoxy) is 1. The zero-order chi connectivity index (χ0) is 19.2. The molecule has 0 fully saturated rings. The predicted octanol–water partition coefficient (Wildman–Crippen LogP) is 4.09. The largest absolute Gasteiger partial charge is 0.497 e. The molecule has 1 unspecified atom stereocenters. The summed E-state index contributed by atoms with van der Waals surface area (Å²) in [5, 5.41) is 0. The fourth-order valence-electron chi connectivity index (χ4n) is 2.60. The van der Waals surface area contributed by atoms with Crippen LogP contribution in [0.5, 0.6) is 5.75 Å². The lowest BCUT2D eigenvalue weighted by molar-refractivity contribution is 0.411. The van der Waals surface area contributed by atoms with Gasteiger partial charge >= 0.3 is 10.3 Å². The Hall–Kier alpha value is -2.45. The number of benzene rings is 2. The standard InChI is InChI=1S/C18H19F2NO4S/c1-25-17-11-9-15(10-12-17)21(26(22,23)24)16(13-18(19)20)8-7-14-5-3-2-4-6-14/h2-6,9-13,16H,7-8H2,1H3,(H,22,23,24). The van der Waals surface area contributed by atoms with Gasteiger partial charge in [0.25, 0.3) is 6.08 Å². The number of methoxy groups -OCH3 is 1. The molecule has 0 bridgehead atoms. The van der Waals surface area contributed by atoms with Gasteiger partial charge in [-0.1, -0.05) is 30.3 Å². The van der Waals surface area contributed by atoms with Crippen molar-refractivity contribution < 1.29 is 26.5 Å². The van der Waals surface area contributed by atoms with E-state index in [0.29, 0.717) is 22.6 Å². The second-order valence-corrected chi connectivity index (χ2v) is 6.81. The summed E-state index contributed by atoms with van der Waals surface area (Å²) in [6.45, 7) is 0. The molecule has 0 amide bonds. The van der Waals surface area contributed by atoms with E-state index in [4.69, 9.17) is 4.74 Å². The van der Waals surface area contributed by atoms with Gasteiger partial charge in [-0.25, -0.2) is 4.31 Å². The van der Waals surface area contributed by atoms with Crippen molar-refractivity contribution in [3.63, 3.8) is 0 Å². The minimum absolute atomic E-state index is 0.0591. The van der Waals surface area contributed by atoms with Crippen LogP contribution in [-0.4, -0.2) is 26.1 Å². The van der Waals surface area contributed by atoms with Crippen LogP contribution in [0.4, 0.5) is 14.5 Å². The highest BCUT2D eigenvalue weighted by atomic mass is 32.2. The summed E-state index contributed by atoms with van der Waals surface area (Å²) in [4.78, 5) is 0. The van der Waals surface area contributed by atoms with E-state index < -0.39 is 22.4 Å². The van der Waals surface area contributed by atoms with Crippen molar-refractivity contribution in [2.45, 2.75) is 18.9 Å². The summed E-state index contributed by atoms with van der Waals surface area (Å²) >= 11 is 0. The highest BCUT2D eigenvalue weighted by Crippen LogP contribution is 2.27. The van der Waals surface area contributed by atoms with Gasteiger partial charge in [0.15, 0.2) is 0 Å². The molecule has 0 aliphatic carbocycles. The van der Waals surface area contributed by atoms with E-state index in [1.807, 2.05) is 18.2 Å². The molecule has 0 heterocycles. The van der Waals surface area contributed by atoms with Gasteiger partial charge in [0, 0.05) is 6.08 Å². The highest BCUT2D eigenvalue weighted by molar-refractivity contribution is 7.87. The first kappa shape index (κ1) is 19.9. The van der Waals surface area contributed by atoms with E-state index in [0.717, 1.165) is 5.56 Å². The Morgan fingerprint density at radius 2 is 1.77 bits per heavy atom. The molecule has 0 saturated heterocycles. The first-order valence-corrected chi connectivity index (χ1v) is 9.18. The van der Waals surface area contributed by atoms with E-state index in [2.05, 4.69) is 0 Å². The fraction of sp³-hybridized carbons (Fsp3) is 0.222. The molecule has 2 aromatic carbocycles. The SMILES string of the molecule is COc1ccc(N(C(C=C(F)F)CCc2ccccc2)S(=O)(=O)O)cc1. The van der Waals surface area contributed by atoms with Gasteiger partial charge in [-0.05, 0) is 42.7 Å². The zero-order valence-electron chi connectivity index (χ0n) is 14.0. The van der Waals surface area contributed by atoms with Crippen molar-refractivity contribution in [1.29, 1.82) is 0 Å². The third-order valence-corrected chi connectivity index (χ3v) is 4.75. The second-order valence-electron chi connectivity index (χ2n) is 5.52. The molecule has 2 aromatic rings. The molecular formula is C18H19F2NO4S. The summed E-state index contributed by atoms with van der Waals surface area (Å²) in [5.41, 5.74) is 0.930. The predicted molar refractivity (Wildman–Crippen MR) is 95.9 cm³/mol. The Balaban J connectivity index is 2.36. The van der Waals surface area contributed by atoms with Crippen molar-refractivity contribution in [2.75, 3.05) is 11.4 Å². The van der Waals surface area contributed by atoms with Crippen LogP contribution in [0.1, 0.15) is 12.0 Å². The van der Waals surface area contributed by atoms with E-state index >= 15 is 0 Å². The average molecular weight is 383 g/mol. The normalized spacial score (nSPS) is 12.3. The van der Waals surface area contributed by atoms with Crippen LogP contribution in [0.3, 0.4) is 0 Å². The molecule has 0 radical (unpaired) electrons. The number of halogens is 2. The van der Waals surface area contributed by atoms with Crippen molar-refractivity contribution >= 4 is 16.0 Å². The monoisotopic (exact) mass is 383 g/mol. The summed E-state index contributed by atoms with van der Waals surface area (Å²) in [6, 6.07) is 13.6. The van der Waals surface area contributed by atoms with Crippen LogP contribution < -0.4 is 9.04 Å². The molecule has 0 saturated carbocycles. The van der Waals surface area contributed by atoms with E-state index in [9.17, 15) is 21.8 Å². The third-order valence-electron chi connectivity index (χ3n) is 3.77. The lowest BCUT2D eigenvalue weighted by atomic mass is 10.0. The smallest absolute Gasteiger partial charge is 0.360 e. The number of nitrogens with zero attached hydrogens (tertiary/aromatic N) is 1. The van der Waals surface area contributed by atoms with Crippen LogP contribution in [-0.2, 0) is 16.7 Å². The number of rotatable bonds is 8. The zero-order valence-corrected chi connectivity index (χ0v) is 14.9. The van der Waals surface area contributed by atoms with Crippen molar-refractivity contribution in [2.24, 2.45) is 0 Å². The highest BCUT2D eigenvalue weighted by Gasteiger charge is 2.28. The maximum Gasteiger partial charge on any atom is 0.360 e. The van der Waals surface area contributed by atoms with Crippen molar-refractivity contribution in [1.82, 2.24) is 0 Å². The Bertz CT molecular complexity index is 835. The molecule has 1 N–H and O–H groups in total. The minimum atomic E-state index is -4.77. The van der Waals surface area contributed by atoms with E-state index in [1.165, 1.54) is 31.4 Å². The molecule has 26 heavy (non-hydrogen) atoms. The maximum atomic E-state index is 12.9. The van der Waals surface area contributed by atoms with Gasteiger partial charge in [-0.2, -0.15) is 17.2 Å². The van der Waals surface area contributed by atoms with Crippen LogP contribution in [0, 0.1) is 0 Å². The molecule has 8 heteroatoms. The molecular weight excluding hydrogens is 364 g/mol. The molecule has 0 aliphatic rings. The number of hydrogen-bond donors (Lipinski definition) is 1. The molecule has 0 spiro atoms. The Morgan fingerprint density at radius 1 is 1.15 bits per heavy atom. The van der Waals surface area contributed by atoms with Gasteiger partial charge in [-0.3, -0.25) is 4.55 Å². The number of aryl methyl sites for hydroxylation is 1. The summed E-state index contributed by atoms with van der Waals surface area (Å²) in [7, 11) is -3.33. The third kappa shape index (κ3) is 5.53. The molecule has 140 valence electrons. The molecule has 5 nitrogen and oxygen atoms in total. The molecule has 1 atom stereocenters. The van der Waals surface area contributed by atoms with Gasteiger partial charge < -0.3 is 4.74 Å². The van der Waals surface area contributed by atoms with Gasteiger partial charge in [0.1, 0.15) is 5.75 Å². The van der Waals surface area contributed by atoms with Crippen molar-refractivity contribution in [3.8, 4) is 5.75 Å². The Labute approximate surface area is 151 Å². The first-order valence-electron chi connectivity index (χ1n) is 7.79. The Kier molecular flexibility index (Phi) is 6.70. The molecule has 0 aromatic heterocycles. The van der Waals surface area contributed by atoms with Crippen LogP contribution in [0.25, 0.3) is 0 Å². The fourth-order valence-corrected chi connectivity index (χ4v) is 3.49. The maximum absolute atomic E-state index is 12.9.